The Labute approximate surface area is 127 Å². The third kappa shape index (κ3) is 3.44. The molecule has 1 aromatic heterocycles. The number of nitrogens with one attached hydrogen (secondary N) is 1. The van der Waals surface area contributed by atoms with Crippen molar-refractivity contribution in [3.05, 3.63) is 62.5 Å². The Morgan fingerprint density at radius 1 is 1.38 bits per heavy atom. The standard InChI is InChI=1S/C15H16ClN3O2/c1-9-5-14(20)12(7-18-9)15(21)19(2)8-10-6-11(17)3-4-13(10)16/h3-7H,8,17H2,1-2H3,(H,18,20). The van der Waals surface area contributed by atoms with E-state index in [1.165, 1.54) is 17.2 Å². The molecule has 0 atom stereocenters. The first kappa shape index (κ1) is 15.1. The highest BCUT2D eigenvalue weighted by Crippen LogP contribution is 2.20. The van der Waals surface area contributed by atoms with E-state index in [-0.39, 0.29) is 23.4 Å². The highest BCUT2D eigenvalue weighted by Gasteiger charge is 2.16. The monoisotopic (exact) mass is 305 g/mol. The van der Waals surface area contributed by atoms with Gasteiger partial charge in [0.15, 0.2) is 5.43 Å². The zero-order valence-corrected chi connectivity index (χ0v) is 12.6. The number of aromatic amines is 1. The van der Waals surface area contributed by atoms with Crippen LogP contribution in [0, 0.1) is 6.92 Å². The quantitative estimate of drug-likeness (QED) is 0.853. The predicted octanol–water partition coefficient (Wildman–Crippen LogP) is 2.19. The number of carbonyl (C=O) groups excluding carboxylic acids is 1. The van der Waals surface area contributed by atoms with E-state index < -0.39 is 0 Å². The summed E-state index contributed by atoms with van der Waals surface area (Å²) < 4.78 is 0. The average molecular weight is 306 g/mol. The summed E-state index contributed by atoms with van der Waals surface area (Å²) >= 11 is 6.08. The number of hydrogen-bond acceptors (Lipinski definition) is 3. The minimum absolute atomic E-state index is 0.100. The third-order valence-corrected chi connectivity index (χ3v) is 3.48. The molecule has 3 N–H and O–H groups in total. The number of hydrogen-bond donors (Lipinski definition) is 2. The first-order valence-electron chi connectivity index (χ1n) is 6.37. The van der Waals surface area contributed by atoms with Crippen LogP contribution in [0.1, 0.15) is 21.6 Å². The third-order valence-electron chi connectivity index (χ3n) is 3.11. The highest BCUT2D eigenvalue weighted by atomic mass is 35.5. The van der Waals surface area contributed by atoms with E-state index in [0.717, 1.165) is 5.56 Å². The number of nitrogens with zero attached hydrogens (tertiary/aromatic N) is 1. The van der Waals surface area contributed by atoms with Crippen LogP contribution in [0.25, 0.3) is 0 Å². The molecule has 1 amide bonds. The van der Waals surface area contributed by atoms with Crippen LogP contribution in [0.2, 0.25) is 5.02 Å². The Balaban J connectivity index is 2.23. The van der Waals surface area contributed by atoms with Gasteiger partial charge in [-0.05, 0) is 30.7 Å². The van der Waals surface area contributed by atoms with Gasteiger partial charge in [-0.15, -0.1) is 0 Å². The minimum atomic E-state index is -0.366. The number of rotatable bonds is 3. The molecule has 0 saturated heterocycles. The molecular weight excluding hydrogens is 290 g/mol. The van der Waals surface area contributed by atoms with E-state index in [1.54, 1.807) is 32.2 Å². The maximum absolute atomic E-state index is 12.3. The molecule has 0 saturated carbocycles. The molecule has 0 bridgehead atoms. The fourth-order valence-corrected chi connectivity index (χ4v) is 2.17. The molecule has 0 aliphatic rings. The molecule has 1 aromatic carbocycles. The molecule has 110 valence electrons. The first-order valence-corrected chi connectivity index (χ1v) is 6.75. The van der Waals surface area contributed by atoms with E-state index in [0.29, 0.717) is 16.4 Å². The van der Waals surface area contributed by atoms with Crippen LogP contribution in [-0.4, -0.2) is 22.8 Å². The van der Waals surface area contributed by atoms with Crippen LogP contribution >= 0.6 is 11.6 Å². The molecule has 0 aliphatic carbocycles. The Morgan fingerprint density at radius 2 is 2.10 bits per heavy atom. The number of aryl methyl sites for hydroxylation is 1. The van der Waals surface area contributed by atoms with Gasteiger partial charge in [-0.1, -0.05) is 11.6 Å². The zero-order valence-electron chi connectivity index (χ0n) is 11.8. The minimum Gasteiger partial charge on any atom is -0.399 e. The summed E-state index contributed by atoms with van der Waals surface area (Å²) in [4.78, 5) is 28.5. The molecule has 0 unspecified atom stereocenters. The van der Waals surface area contributed by atoms with Crippen molar-refractivity contribution in [2.75, 3.05) is 12.8 Å². The maximum Gasteiger partial charge on any atom is 0.259 e. The average Bonchev–Trinajstić information content (AvgIpc) is 2.42. The SMILES string of the molecule is Cc1cc(=O)c(C(=O)N(C)Cc2cc(N)ccc2Cl)c[nH]1. The summed E-state index contributed by atoms with van der Waals surface area (Å²) in [5.41, 5.74) is 7.52. The number of nitrogen functional groups attached to an aromatic ring is 1. The molecule has 6 heteroatoms. The number of nitrogens with two attached hydrogens (primary N) is 1. The lowest BCUT2D eigenvalue weighted by atomic mass is 10.1. The zero-order chi connectivity index (χ0) is 15.6. The topological polar surface area (TPSA) is 79.2 Å². The summed E-state index contributed by atoms with van der Waals surface area (Å²) in [5, 5.41) is 0.529. The molecule has 5 nitrogen and oxygen atoms in total. The van der Waals surface area contributed by atoms with Crippen molar-refractivity contribution in [1.82, 2.24) is 9.88 Å². The Kier molecular flexibility index (Phi) is 4.33. The van der Waals surface area contributed by atoms with Gasteiger partial charge in [-0.2, -0.15) is 0 Å². The van der Waals surface area contributed by atoms with Crippen LogP contribution in [0.3, 0.4) is 0 Å². The number of H-pyrrole nitrogens is 1. The van der Waals surface area contributed by atoms with Crippen LogP contribution in [0.5, 0.6) is 0 Å². The van der Waals surface area contributed by atoms with Crippen molar-refractivity contribution in [3.63, 3.8) is 0 Å². The number of halogens is 1. The summed E-state index contributed by atoms with van der Waals surface area (Å²) in [6.07, 6.45) is 1.43. The van der Waals surface area contributed by atoms with Crippen LogP contribution in [0.4, 0.5) is 5.69 Å². The molecule has 0 radical (unpaired) electrons. The van der Waals surface area contributed by atoms with Gasteiger partial charge in [0.1, 0.15) is 5.56 Å². The maximum atomic E-state index is 12.3. The molecular formula is C15H16ClN3O2. The number of carbonyl (C=O) groups is 1. The van der Waals surface area contributed by atoms with E-state index in [4.69, 9.17) is 17.3 Å². The fraction of sp³-hybridized carbons (Fsp3) is 0.200. The van der Waals surface area contributed by atoms with Gasteiger partial charge < -0.3 is 15.6 Å². The van der Waals surface area contributed by atoms with Gasteiger partial charge in [0.25, 0.3) is 5.91 Å². The van der Waals surface area contributed by atoms with E-state index >= 15 is 0 Å². The van der Waals surface area contributed by atoms with Crippen LogP contribution < -0.4 is 11.2 Å². The molecule has 1 heterocycles. The first-order chi connectivity index (χ1) is 9.88. The number of amides is 1. The second-order valence-electron chi connectivity index (χ2n) is 4.91. The van der Waals surface area contributed by atoms with Gasteiger partial charge >= 0.3 is 0 Å². The second kappa shape index (κ2) is 6.01. The molecule has 0 fully saturated rings. The van der Waals surface area contributed by atoms with Crippen molar-refractivity contribution in [2.45, 2.75) is 13.5 Å². The summed E-state index contributed by atoms with van der Waals surface area (Å²) in [6, 6.07) is 6.49. The molecule has 2 rings (SSSR count). The largest absolute Gasteiger partial charge is 0.399 e. The molecule has 0 spiro atoms. The fourth-order valence-electron chi connectivity index (χ4n) is 1.99. The summed E-state index contributed by atoms with van der Waals surface area (Å²) in [7, 11) is 1.61. The van der Waals surface area contributed by atoms with Gasteiger partial charge in [0.2, 0.25) is 0 Å². The highest BCUT2D eigenvalue weighted by molar-refractivity contribution is 6.31. The number of benzene rings is 1. The summed E-state index contributed by atoms with van der Waals surface area (Å²) in [6.45, 7) is 2.03. The van der Waals surface area contributed by atoms with Gasteiger partial charge in [-0.3, -0.25) is 9.59 Å². The van der Waals surface area contributed by atoms with E-state index in [1.807, 2.05) is 0 Å². The molecule has 0 aliphatic heterocycles. The number of aromatic nitrogens is 1. The normalized spacial score (nSPS) is 10.4. The summed E-state index contributed by atoms with van der Waals surface area (Å²) in [5.74, 6) is -0.366. The Hall–Kier alpha value is -2.27. The van der Waals surface area contributed by atoms with Crippen LogP contribution in [-0.2, 0) is 6.54 Å². The van der Waals surface area contributed by atoms with Crippen molar-refractivity contribution < 1.29 is 4.79 Å². The van der Waals surface area contributed by atoms with Crippen LogP contribution in [0.15, 0.2) is 35.3 Å². The van der Waals surface area contributed by atoms with Crippen molar-refractivity contribution in [2.24, 2.45) is 0 Å². The van der Waals surface area contributed by atoms with E-state index in [9.17, 15) is 9.59 Å². The number of pyridine rings is 1. The van der Waals surface area contributed by atoms with Gasteiger partial charge in [-0.25, -0.2) is 0 Å². The molecule has 21 heavy (non-hydrogen) atoms. The van der Waals surface area contributed by atoms with Crippen molar-refractivity contribution in [3.8, 4) is 0 Å². The lowest BCUT2D eigenvalue weighted by molar-refractivity contribution is 0.0783. The number of anilines is 1. The lowest BCUT2D eigenvalue weighted by Crippen LogP contribution is -2.30. The smallest absolute Gasteiger partial charge is 0.259 e. The van der Waals surface area contributed by atoms with Gasteiger partial charge in [0.05, 0.1) is 0 Å². The Morgan fingerprint density at radius 3 is 2.76 bits per heavy atom. The van der Waals surface area contributed by atoms with E-state index in [2.05, 4.69) is 4.98 Å². The second-order valence-corrected chi connectivity index (χ2v) is 5.31. The van der Waals surface area contributed by atoms with Gasteiger partial charge in [0, 0.05) is 42.3 Å². The molecule has 2 aromatic rings. The predicted molar refractivity (Wildman–Crippen MR) is 83.5 cm³/mol. The van der Waals surface area contributed by atoms with Crippen molar-refractivity contribution in [1.29, 1.82) is 0 Å². The lowest BCUT2D eigenvalue weighted by Gasteiger charge is -2.18. The van der Waals surface area contributed by atoms with Crippen molar-refractivity contribution >= 4 is 23.2 Å². The Bertz CT molecular complexity index is 740.